The molecule has 0 fully saturated rings. The van der Waals surface area contributed by atoms with Crippen molar-refractivity contribution in [2.45, 2.75) is 58.4 Å². The van der Waals surface area contributed by atoms with Crippen LogP contribution in [0, 0.1) is 26.2 Å². The van der Waals surface area contributed by atoms with Gasteiger partial charge in [0.05, 0.1) is 35.0 Å². The molecular formula is C41H49ClN3O12PS2. The number of benzene rings is 3. The summed E-state index contributed by atoms with van der Waals surface area (Å²) in [4.78, 5) is 17.3. The van der Waals surface area contributed by atoms with Crippen LogP contribution in [0.1, 0.15) is 41.7 Å². The van der Waals surface area contributed by atoms with Gasteiger partial charge in [-0.1, -0.05) is 47.9 Å². The van der Waals surface area contributed by atoms with Crippen LogP contribution in [0.15, 0.2) is 71.9 Å². The van der Waals surface area contributed by atoms with E-state index in [2.05, 4.69) is 21.5 Å². The van der Waals surface area contributed by atoms with Gasteiger partial charge in [0.1, 0.15) is 43.1 Å². The average Bonchev–Trinajstić information content (AvgIpc) is 3.18. The van der Waals surface area contributed by atoms with Crippen molar-refractivity contribution in [2.75, 3.05) is 44.5 Å². The monoisotopic (exact) mass is 905 g/mol. The van der Waals surface area contributed by atoms with E-state index in [1.165, 1.54) is 30.6 Å². The highest BCUT2D eigenvalue weighted by Gasteiger charge is 2.28. The third kappa shape index (κ3) is 14.0. The summed E-state index contributed by atoms with van der Waals surface area (Å²) < 4.78 is 99.6. The molecule has 3 N–H and O–H groups in total. The fourth-order valence-electron chi connectivity index (χ4n) is 6.00. The van der Waals surface area contributed by atoms with E-state index in [-0.39, 0.29) is 73.7 Å². The van der Waals surface area contributed by atoms with Crippen LogP contribution >= 0.6 is 19.2 Å². The van der Waals surface area contributed by atoms with Gasteiger partial charge in [0.2, 0.25) is 5.91 Å². The number of hydrogen-bond donors (Lipinski definition) is 3. The van der Waals surface area contributed by atoms with Crippen molar-refractivity contribution in [1.82, 2.24) is 15.6 Å². The standard InChI is InChI=1S/C41H49ClN3O12PS2/c1-7-17-53-38-15-11-14-35(29(38)5)34-13-10-12-31(28(34)4)26-55-40-21-39(54-25-30-19-33(24-43-22-30)59(6,48)49)32(20-36(40)42)23-45-37(27-60(50,51)52)41(46)44-16-18-58(47,56-8-2)57-9-3/h1,10-15,19-22,24,37,45H,8-9,16-18,23,25-27H2,2-6H3,(H,44,46)(H,50,51,52). The molecule has 1 heterocycles. The van der Waals surface area contributed by atoms with Crippen LogP contribution < -0.4 is 24.8 Å². The Morgan fingerprint density at radius 3 is 2.22 bits per heavy atom. The van der Waals surface area contributed by atoms with E-state index in [0.717, 1.165) is 34.1 Å². The number of halogens is 1. The van der Waals surface area contributed by atoms with Gasteiger partial charge in [-0.05, 0) is 73.7 Å². The molecule has 4 rings (SSSR count). The number of terminal acetylenes is 1. The second-order valence-electron chi connectivity index (χ2n) is 13.4. The molecule has 0 saturated carbocycles. The van der Waals surface area contributed by atoms with Gasteiger partial charge in [0, 0.05) is 48.9 Å². The van der Waals surface area contributed by atoms with E-state index in [9.17, 15) is 30.7 Å². The molecule has 1 unspecified atom stereocenters. The highest BCUT2D eigenvalue weighted by molar-refractivity contribution is 7.90. The first-order chi connectivity index (χ1) is 28.4. The van der Waals surface area contributed by atoms with E-state index in [0.29, 0.717) is 16.9 Å². The number of hydrogen-bond acceptors (Lipinski definition) is 13. The molecule has 324 valence electrons. The van der Waals surface area contributed by atoms with Crippen LogP contribution in [0.4, 0.5) is 0 Å². The number of carbonyl (C=O) groups excluding carboxylic acids is 1. The Hall–Kier alpha value is -4.50. The lowest BCUT2D eigenvalue weighted by molar-refractivity contribution is -0.122. The van der Waals surface area contributed by atoms with Crippen molar-refractivity contribution in [3.8, 4) is 40.7 Å². The van der Waals surface area contributed by atoms with Crippen molar-refractivity contribution in [1.29, 1.82) is 0 Å². The first kappa shape index (κ1) is 48.2. The van der Waals surface area contributed by atoms with E-state index in [4.69, 9.17) is 41.3 Å². The molecule has 0 bridgehead atoms. The quantitative estimate of drug-likeness (QED) is 0.0423. The second kappa shape index (κ2) is 21.8. The van der Waals surface area contributed by atoms with E-state index < -0.39 is 45.3 Å². The minimum Gasteiger partial charge on any atom is -0.488 e. The molecule has 1 aromatic heterocycles. The lowest BCUT2D eigenvalue weighted by Gasteiger charge is -2.21. The van der Waals surface area contributed by atoms with Crippen molar-refractivity contribution >= 4 is 45.1 Å². The number of amides is 1. The van der Waals surface area contributed by atoms with E-state index in [1.54, 1.807) is 13.8 Å². The summed E-state index contributed by atoms with van der Waals surface area (Å²) in [5, 5.41) is 5.52. The molecule has 15 nitrogen and oxygen atoms in total. The highest BCUT2D eigenvalue weighted by Crippen LogP contribution is 2.47. The van der Waals surface area contributed by atoms with Gasteiger partial charge < -0.3 is 33.9 Å². The van der Waals surface area contributed by atoms with Gasteiger partial charge in [-0.3, -0.25) is 18.9 Å². The minimum atomic E-state index is -4.67. The highest BCUT2D eigenvalue weighted by atomic mass is 35.5. The van der Waals surface area contributed by atoms with Crippen LogP contribution in [0.25, 0.3) is 11.1 Å². The summed E-state index contributed by atoms with van der Waals surface area (Å²) in [6.45, 7) is 7.15. The van der Waals surface area contributed by atoms with Crippen LogP contribution in [0.5, 0.6) is 17.2 Å². The Kier molecular flexibility index (Phi) is 17.5. The zero-order chi connectivity index (χ0) is 44.1. The number of rotatable bonds is 23. The summed E-state index contributed by atoms with van der Waals surface area (Å²) in [5.41, 5.74) is 5.42. The first-order valence-electron chi connectivity index (χ1n) is 18.7. The Morgan fingerprint density at radius 1 is 0.900 bits per heavy atom. The van der Waals surface area contributed by atoms with Gasteiger partial charge >= 0.3 is 7.60 Å². The van der Waals surface area contributed by atoms with Crippen molar-refractivity contribution in [3.05, 3.63) is 99.8 Å². The summed E-state index contributed by atoms with van der Waals surface area (Å²) in [7, 11) is -11.8. The molecule has 4 aromatic rings. The number of aromatic nitrogens is 1. The molecule has 1 atom stereocenters. The van der Waals surface area contributed by atoms with E-state index >= 15 is 0 Å². The molecule has 1 amide bonds. The third-order valence-electron chi connectivity index (χ3n) is 8.99. The summed E-state index contributed by atoms with van der Waals surface area (Å²) in [6.07, 6.45) is 8.94. The van der Waals surface area contributed by atoms with Crippen molar-refractivity contribution in [3.63, 3.8) is 0 Å². The number of nitrogens with zero attached hydrogens (tertiary/aromatic N) is 1. The van der Waals surface area contributed by atoms with Gasteiger partial charge in [0.15, 0.2) is 9.84 Å². The molecule has 0 radical (unpaired) electrons. The molecule has 3 aromatic carbocycles. The molecule has 60 heavy (non-hydrogen) atoms. The maximum absolute atomic E-state index is 13.2. The summed E-state index contributed by atoms with van der Waals surface area (Å²) in [5.74, 6) is 1.77. The average molecular weight is 906 g/mol. The Morgan fingerprint density at radius 2 is 1.57 bits per heavy atom. The molecule has 0 spiro atoms. The van der Waals surface area contributed by atoms with Crippen LogP contribution in [0.3, 0.4) is 0 Å². The van der Waals surface area contributed by atoms with Crippen molar-refractivity contribution < 1.29 is 54.0 Å². The summed E-state index contributed by atoms with van der Waals surface area (Å²) in [6, 6.07) is 14.6. The number of sulfone groups is 1. The fraction of sp³-hybridized carbons (Fsp3) is 0.366. The number of pyridine rings is 1. The van der Waals surface area contributed by atoms with Crippen LogP contribution in [-0.2, 0) is 58.1 Å². The first-order valence-corrected chi connectivity index (χ1v) is 24.3. The van der Waals surface area contributed by atoms with Gasteiger partial charge in [-0.15, -0.1) is 6.42 Å². The van der Waals surface area contributed by atoms with Gasteiger partial charge in [-0.2, -0.15) is 8.42 Å². The van der Waals surface area contributed by atoms with Crippen molar-refractivity contribution in [2.24, 2.45) is 0 Å². The smallest absolute Gasteiger partial charge is 0.332 e. The predicted molar refractivity (Wildman–Crippen MR) is 229 cm³/mol. The van der Waals surface area contributed by atoms with Gasteiger partial charge in [0.25, 0.3) is 10.1 Å². The Balaban J connectivity index is 1.62. The summed E-state index contributed by atoms with van der Waals surface area (Å²) >= 11 is 6.77. The Bertz CT molecular complexity index is 2450. The molecule has 0 aliphatic heterocycles. The molecule has 0 aliphatic rings. The maximum Gasteiger partial charge on any atom is 0.332 e. The Labute approximate surface area is 356 Å². The molecular weight excluding hydrogens is 857 g/mol. The van der Waals surface area contributed by atoms with Crippen LogP contribution in [0.2, 0.25) is 5.02 Å². The maximum atomic E-state index is 13.2. The number of carbonyl (C=O) groups is 1. The minimum absolute atomic E-state index is 0.0110. The normalized spacial score (nSPS) is 12.4. The lowest BCUT2D eigenvalue weighted by Crippen LogP contribution is -2.48. The lowest BCUT2D eigenvalue weighted by atomic mass is 9.93. The molecule has 19 heteroatoms. The zero-order valence-electron chi connectivity index (χ0n) is 33.9. The van der Waals surface area contributed by atoms with E-state index in [1.807, 2.05) is 50.2 Å². The number of ether oxygens (including phenoxy) is 3. The third-order valence-corrected chi connectivity index (χ3v) is 13.2. The van der Waals surface area contributed by atoms with Crippen LogP contribution in [-0.4, -0.2) is 82.9 Å². The predicted octanol–water partition coefficient (Wildman–Crippen LogP) is 6.32. The second-order valence-corrected chi connectivity index (χ2v) is 19.5. The molecule has 0 aliphatic carbocycles. The van der Waals surface area contributed by atoms with Gasteiger partial charge in [-0.25, -0.2) is 8.42 Å². The fourth-order valence-corrected chi connectivity index (χ4v) is 9.06. The zero-order valence-corrected chi connectivity index (χ0v) is 37.2. The number of nitrogens with one attached hydrogen (secondary N) is 2. The largest absolute Gasteiger partial charge is 0.488 e. The molecule has 0 saturated heterocycles. The topological polar surface area (TPSA) is 206 Å². The SMILES string of the molecule is C#CCOc1cccc(-c2cccc(COc3cc(OCc4cncc(S(C)(=O)=O)c4)c(CNC(CS(=O)(=O)O)C(=O)NCCP(=O)(OCC)OCC)cc3Cl)c2C)c1C.